The topological polar surface area (TPSA) is 108 Å². The van der Waals surface area contributed by atoms with Crippen LogP contribution in [0, 0.1) is 0 Å². The van der Waals surface area contributed by atoms with Crippen LogP contribution in [0.4, 0.5) is 22.4 Å². The van der Waals surface area contributed by atoms with Gasteiger partial charge in [-0.3, -0.25) is 5.10 Å². The van der Waals surface area contributed by atoms with Crippen LogP contribution in [0.2, 0.25) is 0 Å². The maximum absolute atomic E-state index is 12.0. The van der Waals surface area contributed by atoms with Crippen LogP contribution in [0.3, 0.4) is 0 Å². The molecule has 2 aliphatic rings. The second-order valence-corrected chi connectivity index (χ2v) is 8.43. The van der Waals surface area contributed by atoms with Crippen molar-refractivity contribution in [3.05, 3.63) is 24.0 Å². The third-order valence-electron chi connectivity index (χ3n) is 4.71. The van der Waals surface area contributed by atoms with E-state index in [9.17, 15) is 4.79 Å². The standard InChI is InChI=1S/C19H27N7O2/c1-19(2,3)28-18(27)21-13-7-9-26(11-13)17-20-8-6-15(23-17)22-16-10-14(24-25-16)12-4-5-12/h6,8,10,12-13H,4-5,7,9,11H2,1-3H3,(H,21,27)(H2,20,22,23,24,25)/t13-/m1/s1. The summed E-state index contributed by atoms with van der Waals surface area (Å²) in [5.41, 5.74) is 0.671. The molecule has 2 fully saturated rings. The predicted octanol–water partition coefficient (Wildman–Crippen LogP) is 2.92. The van der Waals surface area contributed by atoms with E-state index in [4.69, 9.17) is 4.74 Å². The number of hydrogen-bond donors (Lipinski definition) is 3. The van der Waals surface area contributed by atoms with Crippen LogP contribution in [0.25, 0.3) is 0 Å². The molecule has 1 saturated heterocycles. The number of carbonyl (C=O) groups is 1. The van der Waals surface area contributed by atoms with Gasteiger partial charge in [0.25, 0.3) is 0 Å². The van der Waals surface area contributed by atoms with Gasteiger partial charge in [-0.15, -0.1) is 0 Å². The highest BCUT2D eigenvalue weighted by Crippen LogP contribution is 2.39. The van der Waals surface area contributed by atoms with E-state index in [1.807, 2.05) is 32.9 Å². The second kappa shape index (κ2) is 7.29. The van der Waals surface area contributed by atoms with Gasteiger partial charge in [-0.25, -0.2) is 9.78 Å². The molecule has 9 heteroatoms. The van der Waals surface area contributed by atoms with Gasteiger partial charge in [0.15, 0.2) is 5.82 Å². The van der Waals surface area contributed by atoms with Crippen molar-refractivity contribution in [1.82, 2.24) is 25.5 Å². The Morgan fingerprint density at radius 3 is 2.86 bits per heavy atom. The van der Waals surface area contributed by atoms with Crippen LogP contribution in [0.1, 0.15) is 51.6 Å². The lowest BCUT2D eigenvalue weighted by atomic mass is 10.2. The fourth-order valence-electron chi connectivity index (χ4n) is 3.24. The summed E-state index contributed by atoms with van der Waals surface area (Å²) in [7, 11) is 0. The summed E-state index contributed by atoms with van der Waals surface area (Å²) in [4.78, 5) is 23.0. The molecule has 1 amide bonds. The summed E-state index contributed by atoms with van der Waals surface area (Å²) in [6.07, 6.45) is 4.62. The van der Waals surface area contributed by atoms with Crippen LogP contribution < -0.4 is 15.5 Å². The van der Waals surface area contributed by atoms with E-state index in [2.05, 4.69) is 35.7 Å². The Hall–Kier alpha value is -2.84. The van der Waals surface area contributed by atoms with E-state index in [-0.39, 0.29) is 12.1 Å². The first-order chi connectivity index (χ1) is 13.4. The minimum atomic E-state index is -0.503. The molecule has 1 aliphatic carbocycles. The quantitative estimate of drug-likeness (QED) is 0.726. The summed E-state index contributed by atoms with van der Waals surface area (Å²) < 4.78 is 5.33. The summed E-state index contributed by atoms with van der Waals surface area (Å²) in [6.45, 7) is 6.99. The Kier molecular flexibility index (Phi) is 4.82. The number of nitrogens with zero attached hydrogens (tertiary/aromatic N) is 4. The third-order valence-corrected chi connectivity index (χ3v) is 4.71. The largest absolute Gasteiger partial charge is 0.444 e. The number of hydrogen-bond acceptors (Lipinski definition) is 7. The zero-order chi connectivity index (χ0) is 19.7. The Bertz CT molecular complexity index is 841. The van der Waals surface area contributed by atoms with Crippen LogP contribution in [0.5, 0.6) is 0 Å². The molecular formula is C19H27N7O2. The number of carbonyl (C=O) groups excluding carboxylic acids is 1. The van der Waals surface area contributed by atoms with Gasteiger partial charge in [-0.1, -0.05) is 0 Å². The zero-order valence-electron chi connectivity index (χ0n) is 16.5. The van der Waals surface area contributed by atoms with Crippen molar-refractivity contribution in [1.29, 1.82) is 0 Å². The molecule has 2 aromatic heterocycles. The highest BCUT2D eigenvalue weighted by Gasteiger charge is 2.28. The van der Waals surface area contributed by atoms with Crippen LogP contribution in [0.15, 0.2) is 18.3 Å². The number of aromatic amines is 1. The van der Waals surface area contributed by atoms with Crippen molar-refractivity contribution in [3.8, 4) is 0 Å². The van der Waals surface area contributed by atoms with Crippen molar-refractivity contribution in [2.24, 2.45) is 0 Å². The number of alkyl carbamates (subject to hydrolysis) is 1. The van der Waals surface area contributed by atoms with Crippen molar-refractivity contribution in [2.75, 3.05) is 23.3 Å². The molecule has 2 aromatic rings. The lowest BCUT2D eigenvalue weighted by molar-refractivity contribution is 0.0509. The Morgan fingerprint density at radius 1 is 1.29 bits per heavy atom. The predicted molar refractivity (Wildman–Crippen MR) is 106 cm³/mol. The molecule has 0 unspecified atom stereocenters. The van der Waals surface area contributed by atoms with Gasteiger partial charge in [0.1, 0.15) is 11.4 Å². The van der Waals surface area contributed by atoms with Gasteiger partial charge in [0, 0.05) is 37.0 Å². The number of anilines is 3. The lowest BCUT2D eigenvalue weighted by Gasteiger charge is -2.22. The number of aromatic nitrogens is 4. The maximum Gasteiger partial charge on any atom is 0.407 e. The van der Waals surface area contributed by atoms with E-state index in [1.165, 1.54) is 18.5 Å². The molecule has 3 heterocycles. The molecule has 150 valence electrons. The minimum absolute atomic E-state index is 0.0162. The summed E-state index contributed by atoms with van der Waals surface area (Å²) in [5, 5.41) is 13.5. The molecule has 0 aromatic carbocycles. The minimum Gasteiger partial charge on any atom is -0.444 e. The number of nitrogens with one attached hydrogen (secondary N) is 3. The zero-order valence-corrected chi connectivity index (χ0v) is 16.5. The van der Waals surface area contributed by atoms with Gasteiger partial charge in [-0.2, -0.15) is 10.1 Å². The van der Waals surface area contributed by atoms with Gasteiger partial charge in [-0.05, 0) is 46.1 Å². The third kappa shape index (κ3) is 4.71. The van der Waals surface area contributed by atoms with E-state index >= 15 is 0 Å². The normalized spacial score (nSPS) is 19.5. The molecule has 9 nitrogen and oxygen atoms in total. The fraction of sp³-hybridized carbons (Fsp3) is 0.579. The number of H-pyrrole nitrogens is 1. The van der Waals surface area contributed by atoms with Crippen LogP contribution in [-0.2, 0) is 4.74 Å². The lowest BCUT2D eigenvalue weighted by Crippen LogP contribution is -2.40. The van der Waals surface area contributed by atoms with Gasteiger partial charge < -0.3 is 20.3 Å². The van der Waals surface area contributed by atoms with Crippen LogP contribution in [-0.4, -0.2) is 51.0 Å². The summed E-state index contributed by atoms with van der Waals surface area (Å²) in [6, 6.07) is 3.87. The van der Waals surface area contributed by atoms with Gasteiger partial charge in [0.2, 0.25) is 5.95 Å². The monoisotopic (exact) mass is 385 g/mol. The number of amides is 1. The molecule has 0 bridgehead atoms. The molecule has 1 aliphatic heterocycles. The smallest absolute Gasteiger partial charge is 0.407 e. The van der Waals surface area contributed by atoms with Crippen molar-refractivity contribution < 1.29 is 9.53 Å². The van der Waals surface area contributed by atoms with Crippen molar-refractivity contribution in [2.45, 2.75) is 57.6 Å². The van der Waals surface area contributed by atoms with E-state index in [1.54, 1.807) is 6.20 Å². The first kappa shape index (κ1) is 18.5. The van der Waals surface area contributed by atoms with Gasteiger partial charge >= 0.3 is 6.09 Å². The number of ether oxygens (including phenoxy) is 1. The fourth-order valence-corrected chi connectivity index (χ4v) is 3.24. The molecule has 28 heavy (non-hydrogen) atoms. The Labute approximate surface area is 164 Å². The first-order valence-electron chi connectivity index (χ1n) is 9.75. The van der Waals surface area contributed by atoms with Crippen molar-refractivity contribution in [3.63, 3.8) is 0 Å². The molecule has 3 N–H and O–H groups in total. The van der Waals surface area contributed by atoms with E-state index in [0.717, 1.165) is 18.8 Å². The van der Waals surface area contributed by atoms with Crippen molar-refractivity contribution >= 4 is 23.7 Å². The molecule has 1 saturated carbocycles. The average Bonchev–Trinajstić information content (AvgIpc) is 3.18. The molecule has 0 spiro atoms. The maximum atomic E-state index is 12.0. The molecule has 4 rings (SSSR count). The van der Waals surface area contributed by atoms with Crippen LogP contribution >= 0.6 is 0 Å². The summed E-state index contributed by atoms with van der Waals surface area (Å²) in [5.74, 6) is 2.72. The average molecular weight is 385 g/mol. The second-order valence-electron chi connectivity index (χ2n) is 8.43. The highest BCUT2D eigenvalue weighted by molar-refractivity contribution is 5.68. The highest BCUT2D eigenvalue weighted by atomic mass is 16.6. The first-order valence-corrected chi connectivity index (χ1v) is 9.75. The Balaban J connectivity index is 1.34. The molecule has 1 atom stereocenters. The van der Waals surface area contributed by atoms with E-state index in [0.29, 0.717) is 24.2 Å². The Morgan fingerprint density at radius 2 is 2.11 bits per heavy atom. The number of rotatable bonds is 5. The van der Waals surface area contributed by atoms with E-state index < -0.39 is 5.60 Å². The summed E-state index contributed by atoms with van der Waals surface area (Å²) >= 11 is 0. The van der Waals surface area contributed by atoms with Gasteiger partial charge in [0.05, 0.1) is 6.04 Å². The molecular weight excluding hydrogens is 358 g/mol. The molecule has 0 radical (unpaired) electrons. The SMILES string of the molecule is CC(C)(C)OC(=O)N[C@@H]1CCN(c2nccc(Nc3cc(C4CC4)[nH]n3)n2)C1.